The Kier molecular flexibility index (Phi) is 10.2. The summed E-state index contributed by atoms with van der Waals surface area (Å²) in [5.74, 6) is -0.171. The van der Waals surface area contributed by atoms with Crippen molar-refractivity contribution in [2.45, 2.75) is 52.7 Å². The largest absolute Gasteiger partial charge is 0.345 e. The van der Waals surface area contributed by atoms with Crippen LogP contribution in [-0.4, -0.2) is 45.3 Å². The molecule has 0 saturated carbocycles. The average Bonchev–Trinajstić information content (AvgIpc) is 3.27. The van der Waals surface area contributed by atoms with Crippen molar-refractivity contribution < 1.29 is 9.59 Å². The Bertz CT molecular complexity index is 1130. The van der Waals surface area contributed by atoms with Crippen molar-refractivity contribution in [3.8, 4) is 0 Å². The molecule has 0 aliphatic heterocycles. The van der Waals surface area contributed by atoms with Gasteiger partial charge in [-0.2, -0.15) is 0 Å². The molecule has 3 aromatic rings. The Labute approximate surface area is 225 Å². The fourth-order valence-electron chi connectivity index (χ4n) is 3.89. The summed E-state index contributed by atoms with van der Waals surface area (Å²) in [5.41, 5.74) is 2.85. The van der Waals surface area contributed by atoms with E-state index in [1.165, 1.54) is 5.56 Å². The van der Waals surface area contributed by atoms with Crippen LogP contribution in [0.3, 0.4) is 0 Å². The number of benzene rings is 2. The van der Waals surface area contributed by atoms with Gasteiger partial charge >= 0.3 is 0 Å². The Morgan fingerprint density at radius 1 is 0.971 bits per heavy atom. The SMILES string of the molecule is CCCCN(Cc1cccn1Cc1ccc(Br)cc1)C(=O)CN(C(=O)c1cccc(Br)c1)C(C)C. The monoisotopic (exact) mass is 601 g/mol. The summed E-state index contributed by atoms with van der Waals surface area (Å²) in [7, 11) is 0. The van der Waals surface area contributed by atoms with E-state index < -0.39 is 0 Å². The highest BCUT2D eigenvalue weighted by molar-refractivity contribution is 9.10. The van der Waals surface area contributed by atoms with Crippen LogP contribution in [0.5, 0.6) is 0 Å². The standard InChI is InChI=1S/C28H33Br2N3O2/c1-4-5-15-32(19-26-10-7-16-31(26)18-22-11-13-24(29)14-12-22)27(34)20-33(21(2)3)28(35)23-8-6-9-25(30)17-23/h6-14,16-17,21H,4-5,15,18-20H2,1-3H3. The van der Waals surface area contributed by atoms with Gasteiger partial charge in [-0.1, -0.05) is 63.4 Å². The first-order valence-electron chi connectivity index (χ1n) is 12.0. The summed E-state index contributed by atoms with van der Waals surface area (Å²) in [4.78, 5) is 30.3. The summed E-state index contributed by atoms with van der Waals surface area (Å²) in [6.45, 7) is 7.99. The van der Waals surface area contributed by atoms with E-state index in [4.69, 9.17) is 0 Å². The van der Waals surface area contributed by atoms with Crippen LogP contribution in [0.15, 0.2) is 75.8 Å². The number of halogens is 2. The number of rotatable bonds is 11. The number of nitrogens with zero attached hydrogens (tertiary/aromatic N) is 3. The Hall–Kier alpha value is -2.38. The second-order valence-electron chi connectivity index (χ2n) is 8.96. The Morgan fingerprint density at radius 2 is 1.71 bits per heavy atom. The van der Waals surface area contributed by atoms with E-state index in [0.29, 0.717) is 18.7 Å². The van der Waals surface area contributed by atoms with E-state index >= 15 is 0 Å². The minimum Gasteiger partial charge on any atom is -0.345 e. The van der Waals surface area contributed by atoms with Crippen molar-refractivity contribution in [1.29, 1.82) is 0 Å². The van der Waals surface area contributed by atoms with Gasteiger partial charge in [-0.15, -0.1) is 0 Å². The maximum atomic E-state index is 13.5. The van der Waals surface area contributed by atoms with Crippen LogP contribution in [0, 0.1) is 0 Å². The molecule has 0 fully saturated rings. The van der Waals surface area contributed by atoms with Gasteiger partial charge in [0, 0.05) is 45.5 Å². The minimum absolute atomic E-state index is 0.0353. The molecule has 1 aromatic heterocycles. The highest BCUT2D eigenvalue weighted by atomic mass is 79.9. The summed E-state index contributed by atoms with van der Waals surface area (Å²) >= 11 is 6.92. The molecule has 0 bridgehead atoms. The Morgan fingerprint density at radius 3 is 2.37 bits per heavy atom. The van der Waals surface area contributed by atoms with Gasteiger partial charge in [-0.3, -0.25) is 9.59 Å². The van der Waals surface area contributed by atoms with Gasteiger partial charge < -0.3 is 14.4 Å². The van der Waals surface area contributed by atoms with E-state index in [9.17, 15) is 9.59 Å². The zero-order valence-corrected chi connectivity index (χ0v) is 23.8. The summed E-state index contributed by atoms with van der Waals surface area (Å²) in [5, 5.41) is 0. The lowest BCUT2D eigenvalue weighted by molar-refractivity contribution is -0.133. The lowest BCUT2D eigenvalue weighted by atomic mass is 10.1. The molecule has 0 aliphatic carbocycles. The van der Waals surface area contributed by atoms with Crippen molar-refractivity contribution in [1.82, 2.24) is 14.4 Å². The third-order valence-electron chi connectivity index (χ3n) is 5.94. The van der Waals surface area contributed by atoms with Crippen LogP contribution in [0.4, 0.5) is 0 Å². The average molecular weight is 603 g/mol. The van der Waals surface area contributed by atoms with Crippen LogP contribution in [-0.2, 0) is 17.9 Å². The van der Waals surface area contributed by atoms with Crippen molar-refractivity contribution in [3.05, 3.63) is 92.6 Å². The first-order chi connectivity index (χ1) is 16.8. The minimum atomic E-state index is -0.135. The first-order valence-corrected chi connectivity index (χ1v) is 13.6. The highest BCUT2D eigenvalue weighted by Gasteiger charge is 2.25. The molecule has 7 heteroatoms. The lowest BCUT2D eigenvalue weighted by Crippen LogP contribution is -2.46. The quantitative estimate of drug-likeness (QED) is 0.244. The van der Waals surface area contributed by atoms with Gasteiger partial charge in [0.2, 0.25) is 5.91 Å². The van der Waals surface area contributed by atoms with Crippen LogP contribution in [0.1, 0.15) is 55.2 Å². The zero-order chi connectivity index (χ0) is 25.4. The molecule has 0 N–H and O–H groups in total. The molecular formula is C28H33Br2N3O2. The van der Waals surface area contributed by atoms with Gasteiger partial charge in [-0.05, 0) is 68.3 Å². The molecule has 0 atom stereocenters. The molecule has 0 saturated heterocycles. The number of amides is 2. The summed E-state index contributed by atoms with van der Waals surface area (Å²) < 4.78 is 4.08. The maximum absolute atomic E-state index is 13.5. The number of carbonyl (C=O) groups excluding carboxylic acids is 2. The van der Waals surface area contributed by atoms with Crippen LogP contribution < -0.4 is 0 Å². The molecular weight excluding hydrogens is 570 g/mol. The van der Waals surface area contributed by atoms with E-state index in [2.05, 4.69) is 67.7 Å². The molecule has 1 heterocycles. The van der Waals surface area contributed by atoms with Crippen molar-refractivity contribution in [2.24, 2.45) is 0 Å². The van der Waals surface area contributed by atoms with E-state index in [1.54, 1.807) is 17.0 Å². The molecule has 0 unspecified atom stereocenters. The number of carbonyl (C=O) groups is 2. The number of hydrogen-bond acceptors (Lipinski definition) is 2. The maximum Gasteiger partial charge on any atom is 0.254 e. The van der Waals surface area contributed by atoms with Crippen LogP contribution >= 0.6 is 31.9 Å². The zero-order valence-electron chi connectivity index (χ0n) is 20.6. The normalized spacial score (nSPS) is 11.0. The molecule has 35 heavy (non-hydrogen) atoms. The molecule has 0 spiro atoms. The topological polar surface area (TPSA) is 45.6 Å². The summed E-state index contributed by atoms with van der Waals surface area (Å²) in [6, 6.07) is 19.6. The molecule has 2 amide bonds. The van der Waals surface area contributed by atoms with Crippen molar-refractivity contribution in [2.75, 3.05) is 13.1 Å². The molecule has 2 aromatic carbocycles. The van der Waals surface area contributed by atoms with Gasteiger partial charge in [0.05, 0.1) is 6.54 Å². The van der Waals surface area contributed by atoms with Gasteiger partial charge in [0.15, 0.2) is 0 Å². The molecule has 186 valence electrons. The molecule has 5 nitrogen and oxygen atoms in total. The Balaban J connectivity index is 1.76. The second-order valence-corrected chi connectivity index (χ2v) is 10.8. The van der Waals surface area contributed by atoms with Crippen molar-refractivity contribution in [3.63, 3.8) is 0 Å². The summed E-state index contributed by atoms with van der Waals surface area (Å²) in [6.07, 6.45) is 3.96. The fourth-order valence-corrected chi connectivity index (χ4v) is 4.56. The first kappa shape index (κ1) is 27.2. The molecule has 3 rings (SSSR count). The predicted octanol–water partition coefficient (Wildman–Crippen LogP) is 6.74. The number of unbranched alkanes of at least 4 members (excludes halogenated alkanes) is 1. The fraction of sp³-hybridized carbons (Fsp3) is 0.357. The third-order valence-corrected chi connectivity index (χ3v) is 6.96. The van der Waals surface area contributed by atoms with Crippen LogP contribution in [0.25, 0.3) is 0 Å². The second kappa shape index (κ2) is 13.1. The van der Waals surface area contributed by atoms with E-state index in [1.807, 2.05) is 49.1 Å². The molecule has 0 aliphatic rings. The van der Waals surface area contributed by atoms with E-state index in [-0.39, 0.29) is 24.4 Å². The predicted molar refractivity (Wildman–Crippen MR) is 148 cm³/mol. The number of hydrogen-bond donors (Lipinski definition) is 0. The van der Waals surface area contributed by atoms with Gasteiger partial charge in [-0.25, -0.2) is 0 Å². The third kappa shape index (κ3) is 7.80. The van der Waals surface area contributed by atoms with Gasteiger partial charge in [0.1, 0.15) is 6.54 Å². The lowest BCUT2D eigenvalue weighted by Gasteiger charge is -2.30. The van der Waals surface area contributed by atoms with Gasteiger partial charge in [0.25, 0.3) is 5.91 Å². The van der Waals surface area contributed by atoms with E-state index in [0.717, 1.165) is 34.0 Å². The molecule has 0 radical (unpaired) electrons. The van der Waals surface area contributed by atoms with Crippen molar-refractivity contribution >= 4 is 43.7 Å². The van der Waals surface area contributed by atoms with Crippen LogP contribution in [0.2, 0.25) is 0 Å². The smallest absolute Gasteiger partial charge is 0.254 e. The highest BCUT2D eigenvalue weighted by Crippen LogP contribution is 2.17. The number of aromatic nitrogens is 1.